The normalized spacial score (nSPS) is 10.5. The minimum atomic E-state index is 0.0149. The minimum Gasteiger partial charge on any atom is -0.378 e. The number of benzene rings is 1. The predicted molar refractivity (Wildman–Crippen MR) is 95.0 cm³/mol. The van der Waals surface area contributed by atoms with Gasteiger partial charge in [-0.2, -0.15) is 0 Å². The predicted octanol–water partition coefficient (Wildman–Crippen LogP) is 4.65. The largest absolute Gasteiger partial charge is 0.378 e. The molecule has 0 atom stereocenters. The Bertz CT molecular complexity index is 645. The van der Waals surface area contributed by atoms with Crippen LogP contribution in [0.3, 0.4) is 0 Å². The molecule has 2 rings (SSSR count). The molecule has 0 spiro atoms. The average Bonchev–Trinajstić information content (AvgIpc) is 2.89. The third-order valence-corrected chi connectivity index (χ3v) is 4.95. The molecular weight excluding hydrogens is 418 g/mol. The first-order valence-corrected chi connectivity index (χ1v) is 8.89. The first-order chi connectivity index (χ1) is 10.0. The van der Waals surface area contributed by atoms with Crippen molar-refractivity contribution in [1.29, 1.82) is 0 Å². The van der Waals surface area contributed by atoms with Crippen molar-refractivity contribution in [2.45, 2.75) is 20.4 Å². The Balaban J connectivity index is 2.06. The van der Waals surface area contributed by atoms with Crippen LogP contribution in [0.25, 0.3) is 0 Å². The van der Waals surface area contributed by atoms with E-state index in [-0.39, 0.29) is 5.91 Å². The van der Waals surface area contributed by atoms with E-state index in [1.165, 1.54) is 11.3 Å². The molecule has 0 aliphatic heterocycles. The van der Waals surface area contributed by atoms with Crippen molar-refractivity contribution in [3.63, 3.8) is 0 Å². The summed E-state index contributed by atoms with van der Waals surface area (Å²) in [5, 5.41) is 6.05. The zero-order valence-electron chi connectivity index (χ0n) is 11.7. The van der Waals surface area contributed by atoms with Gasteiger partial charge < -0.3 is 5.32 Å². The summed E-state index contributed by atoms with van der Waals surface area (Å²) in [4.78, 5) is 17.7. The zero-order chi connectivity index (χ0) is 15.4. The van der Waals surface area contributed by atoms with Gasteiger partial charge in [0, 0.05) is 33.5 Å². The highest BCUT2D eigenvalue weighted by atomic mass is 79.9. The molecule has 112 valence electrons. The van der Waals surface area contributed by atoms with Gasteiger partial charge in [0.2, 0.25) is 5.91 Å². The maximum absolute atomic E-state index is 11.5. The second kappa shape index (κ2) is 7.38. The van der Waals surface area contributed by atoms with Crippen molar-refractivity contribution in [3.05, 3.63) is 38.2 Å². The van der Waals surface area contributed by atoms with Crippen LogP contribution in [0.5, 0.6) is 0 Å². The van der Waals surface area contributed by atoms with Crippen molar-refractivity contribution in [3.8, 4) is 0 Å². The van der Waals surface area contributed by atoms with E-state index >= 15 is 0 Å². The topological polar surface area (TPSA) is 45.2 Å². The molecule has 0 aliphatic rings. The van der Waals surface area contributed by atoms with Crippen LogP contribution in [-0.2, 0) is 11.3 Å². The van der Waals surface area contributed by atoms with Gasteiger partial charge in [-0.25, -0.2) is 4.98 Å². The van der Waals surface area contributed by atoms with Gasteiger partial charge in [-0.05, 0) is 41.1 Å². The fourth-order valence-corrected chi connectivity index (χ4v) is 3.49. The third-order valence-electron chi connectivity index (χ3n) is 2.86. The Morgan fingerprint density at radius 3 is 2.86 bits per heavy atom. The molecule has 4 nitrogen and oxygen atoms in total. The molecule has 0 saturated heterocycles. The summed E-state index contributed by atoms with van der Waals surface area (Å²) in [6.07, 6.45) is 0. The smallest absolute Gasteiger partial charge is 0.225 e. The van der Waals surface area contributed by atoms with E-state index in [0.29, 0.717) is 13.1 Å². The van der Waals surface area contributed by atoms with E-state index in [4.69, 9.17) is 0 Å². The van der Waals surface area contributed by atoms with Gasteiger partial charge in [0.25, 0.3) is 0 Å². The van der Waals surface area contributed by atoms with Gasteiger partial charge in [-0.15, -0.1) is 11.3 Å². The van der Waals surface area contributed by atoms with Crippen LogP contribution in [0.1, 0.15) is 19.5 Å². The summed E-state index contributed by atoms with van der Waals surface area (Å²) in [6.45, 7) is 4.74. The molecule has 0 bridgehead atoms. The zero-order valence-corrected chi connectivity index (χ0v) is 15.7. The third kappa shape index (κ3) is 4.28. The maximum atomic E-state index is 11.5. The highest BCUT2D eigenvalue weighted by Crippen LogP contribution is 2.27. The molecule has 7 heteroatoms. The Kier molecular flexibility index (Phi) is 5.78. The Morgan fingerprint density at radius 2 is 2.19 bits per heavy atom. The highest BCUT2D eigenvalue weighted by Gasteiger charge is 2.13. The number of halogens is 2. The molecular formula is C14H15Br2N3OS. The van der Waals surface area contributed by atoms with Crippen molar-refractivity contribution in [1.82, 2.24) is 4.98 Å². The number of carbonyl (C=O) groups excluding carboxylic acids is 1. The van der Waals surface area contributed by atoms with E-state index in [9.17, 15) is 4.79 Å². The fourth-order valence-electron chi connectivity index (χ4n) is 1.81. The molecule has 0 unspecified atom stereocenters. The number of nitrogens with zero attached hydrogens (tertiary/aromatic N) is 2. The number of aromatic nitrogens is 1. The van der Waals surface area contributed by atoms with Crippen LogP contribution in [0, 0.1) is 0 Å². The van der Waals surface area contributed by atoms with Gasteiger partial charge in [-0.3, -0.25) is 9.69 Å². The second-order valence-electron chi connectivity index (χ2n) is 4.36. The van der Waals surface area contributed by atoms with E-state index in [1.807, 2.05) is 30.5 Å². The molecule has 0 fully saturated rings. The highest BCUT2D eigenvalue weighted by molar-refractivity contribution is 9.11. The molecule has 0 radical (unpaired) electrons. The number of rotatable bonds is 5. The first-order valence-electron chi connectivity index (χ1n) is 6.42. The molecule has 1 amide bonds. The van der Waals surface area contributed by atoms with E-state index < -0.39 is 0 Å². The van der Waals surface area contributed by atoms with E-state index in [2.05, 4.69) is 42.2 Å². The summed E-state index contributed by atoms with van der Waals surface area (Å²) in [7, 11) is 0. The summed E-state index contributed by atoms with van der Waals surface area (Å²) in [5.74, 6) is 0.0149. The number of carbonyl (C=O) groups is 1. The first kappa shape index (κ1) is 16.5. The van der Waals surface area contributed by atoms with Crippen LogP contribution in [0.2, 0.25) is 0 Å². The molecule has 1 aromatic heterocycles. The lowest BCUT2D eigenvalue weighted by Gasteiger charge is -2.14. The van der Waals surface area contributed by atoms with Gasteiger partial charge in [0.05, 0.1) is 12.2 Å². The van der Waals surface area contributed by atoms with Crippen molar-refractivity contribution >= 4 is 59.9 Å². The van der Waals surface area contributed by atoms with Gasteiger partial charge in [0.1, 0.15) is 0 Å². The Morgan fingerprint density at radius 1 is 1.43 bits per heavy atom. The van der Waals surface area contributed by atoms with Crippen LogP contribution < -0.4 is 10.2 Å². The van der Waals surface area contributed by atoms with Crippen LogP contribution in [0.15, 0.2) is 32.5 Å². The molecule has 0 aliphatic carbocycles. The Hall–Kier alpha value is -0.920. The van der Waals surface area contributed by atoms with E-state index in [0.717, 1.165) is 25.5 Å². The number of amides is 1. The quantitative estimate of drug-likeness (QED) is 0.747. The lowest BCUT2D eigenvalue weighted by molar-refractivity contribution is -0.116. The maximum Gasteiger partial charge on any atom is 0.225 e. The van der Waals surface area contributed by atoms with Gasteiger partial charge in [-0.1, -0.05) is 15.9 Å². The van der Waals surface area contributed by atoms with Crippen LogP contribution in [0.4, 0.5) is 10.8 Å². The van der Waals surface area contributed by atoms with Gasteiger partial charge >= 0.3 is 0 Å². The number of hydrogen-bond acceptors (Lipinski definition) is 4. The molecule has 21 heavy (non-hydrogen) atoms. The molecule has 0 saturated carbocycles. The molecule has 1 N–H and O–H groups in total. The molecule has 1 heterocycles. The summed E-state index contributed by atoms with van der Waals surface area (Å²) < 4.78 is 2.01. The molecule has 1 aromatic carbocycles. The fraction of sp³-hybridized carbons (Fsp3) is 0.286. The Labute approximate surface area is 144 Å². The average molecular weight is 433 g/mol. The minimum absolute atomic E-state index is 0.0149. The number of nitrogens with one attached hydrogen (secondary N) is 1. The summed E-state index contributed by atoms with van der Waals surface area (Å²) in [6, 6.07) is 5.96. The summed E-state index contributed by atoms with van der Waals surface area (Å²) in [5.41, 5.74) is 1.92. The summed E-state index contributed by atoms with van der Waals surface area (Å²) >= 11 is 8.45. The van der Waals surface area contributed by atoms with Crippen molar-refractivity contribution < 1.29 is 4.79 Å². The molecule has 2 aromatic rings. The second-order valence-corrected chi connectivity index (χ2v) is 6.97. The van der Waals surface area contributed by atoms with Crippen molar-refractivity contribution in [2.75, 3.05) is 16.8 Å². The van der Waals surface area contributed by atoms with Crippen LogP contribution >= 0.6 is 43.2 Å². The monoisotopic (exact) mass is 431 g/mol. The SMILES string of the molecule is CCN(C(C)=O)c1nc(CNc2cc(Br)ccc2Br)cs1. The standard InChI is InChI=1S/C14H15Br2N3OS/c1-3-19(9(2)20)14-18-11(8-21-14)7-17-13-6-10(15)4-5-12(13)16/h4-6,8,17H,3,7H2,1-2H3. The number of thiazole rings is 1. The van der Waals surface area contributed by atoms with Crippen molar-refractivity contribution in [2.24, 2.45) is 0 Å². The lowest BCUT2D eigenvalue weighted by Crippen LogP contribution is -2.27. The van der Waals surface area contributed by atoms with Gasteiger partial charge in [0.15, 0.2) is 5.13 Å². The number of hydrogen-bond donors (Lipinski definition) is 1. The van der Waals surface area contributed by atoms with Crippen LogP contribution in [-0.4, -0.2) is 17.4 Å². The van der Waals surface area contributed by atoms with E-state index in [1.54, 1.807) is 11.8 Å². The number of anilines is 2. The lowest BCUT2D eigenvalue weighted by atomic mass is 10.3.